The second-order valence-electron chi connectivity index (χ2n) is 6.56. The molecule has 6 nitrogen and oxygen atoms in total. The number of nitrogens with zero attached hydrogens (tertiary/aromatic N) is 6. The average molecular weight is 376 g/mol. The van der Waals surface area contributed by atoms with E-state index >= 15 is 0 Å². The summed E-state index contributed by atoms with van der Waals surface area (Å²) >= 11 is 0. The molecule has 1 aliphatic carbocycles. The molecule has 4 rings (SSSR count). The van der Waals surface area contributed by atoms with Gasteiger partial charge in [-0.2, -0.15) is 10.5 Å². The fourth-order valence-corrected chi connectivity index (χ4v) is 3.53. The molecule has 6 heteroatoms. The van der Waals surface area contributed by atoms with Crippen molar-refractivity contribution in [2.24, 2.45) is 0 Å². The molecule has 29 heavy (non-hydrogen) atoms. The molecule has 2 heterocycles. The number of allylic oxidation sites excluding steroid dienone is 2. The van der Waals surface area contributed by atoms with Crippen molar-refractivity contribution >= 4 is 34.2 Å². The lowest BCUT2D eigenvalue weighted by Gasteiger charge is -2.14. The van der Waals surface area contributed by atoms with Crippen molar-refractivity contribution < 1.29 is 0 Å². The van der Waals surface area contributed by atoms with Crippen LogP contribution in [0.25, 0.3) is 34.2 Å². The minimum absolute atomic E-state index is 0.0569. The minimum Gasteiger partial charge on any atom is -0.233 e. The Morgan fingerprint density at radius 1 is 1.03 bits per heavy atom. The quantitative estimate of drug-likeness (QED) is 0.626. The summed E-state index contributed by atoms with van der Waals surface area (Å²) in [4.78, 5) is 17.6. The first-order valence-electron chi connectivity index (χ1n) is 9.14. The van der Waals surface area contributed by atoms with Gasteiger partial charge in [-0.25, -0.2) is 19.9 Å². The molecule has 3 aromatic rings. The maximum absolute atomic E-state index is 9.31. The van der Waals surface area contributed by atoms with E-state index in [1.807, 2.05) is 50.3 Å². The normalized spacial score (nSPS) is 12.0. The van der Waals surface area contributed by atoms with Crippen LogP contribution in [0.2, 0.25) is 0 Å². The first kappa shape index (κ1) is 18.2. The molecule has 0 saturated heterocycles. The number of hydrogen-bond acceptors (Lipinski definition) is 6. The highest BCUT2D eigenvalue weighted by Gasteiger charge is 2.13. The predicted molar refractivity (Wildman–Crippen MR) is 112 cm³/mol. The number of aryl methyl sites for hydroxylation is 1. The van der Waals surface area contributed by atoms with Crippen LogP contribution in [0.5, 0.6) is 0 Å². The molecular formula is C23H16N6. The van der Waals surface area contributed by atoms with E-state index in [0.29, 0.717) is 0 Å². The third-order valence-corrected chi connectivity index (χ3v) is 4.77. The van der Waals surface area contributed by atoms with Crippen LogP contribution in [-0.4, -0.2) is 19.9 Å². The molecule has 0 bridgehead atoms. The van der Waals surface area contributed by atoms with Crippen LogP contribution >= 0.6 is 0 Å². The number of rotatable bonds is 1. The van der Waals surface area contributed by atoms with Gasteiger partial charge in [0.1, 0.15) is 12.1 Å². The smallest absolute Gasteiger partial charge is 0.199 e. The Morgan fingerprint density at radius 3 is 2.52 bits per heavy atom. The number of fused-ring (bicyclic) bond motifs is 1. The molecule has 0 atom stereocenters. The largest absolute Gasteiger partial charge is 0.233 e. The summed E-state index contributed by atoms with van der Waals surface area (Å²) in [6.45, 7) is 3.87. The van der Waals surface area contributed by atoms with Crippen molar-refractivity contribution in [3.8, 4) is 12.1 Å². The summed E-state index contributed by atoms with van der Waals surface area (Å²) in [5.41, 5.74) is 4.35. The topological polar surface area (TPSA) is 99.1 Å². The highest BCUT2D eigenvalue weighted by atomic mass is 15.0. The molecule has 0 N–H and O–H groups in total. The van der Waals surface area contributed by atoms with Gasteiger partial charge in [-0.1, -0.05) is 42.5 Å². The van der Waals surface area contributed by atoms with Crippen molar-refractivity contribution in [1.29, 1.82) is 10.5 Å². The summed E-state index contributed by atoms with van der Waals surface area (Å²) < 4.78 is 0. The Kier molecular flexibility index (Phi) is 4.68. The van der Waals surface area contributed by atoms with Crippen LogP contribution in [0.3, 0.4) is 0 Å². The molecular weight excluding hydrogens is 360 g/mol. The zero-order valence-corrected chi connectivity index (χ0v) is 16.0. The predicted octanol–water partition coefficient (Wildman–Crippen LogP) is 4.35. The lowest BCUT2D eigenvalue weighted by molar-refractivity contribution is 1.11. The zero-order chi connectivity index (χ0) is 20.4. The Bertz CT molecular complexity index is 1370. The van der Waals surface area contributed by atoms with E-state index in [4.69, 9.17) is 0 Å². The van der Waals surface area contributed by atoms with Crippen molar-refractivity contribution in [1.82, 2.24) is 19.9 Å². The van der Waals surface area contributed by atoms with Crippen LogP contribution in [0.4, 0.5) is 0 Å². The molecule has 138 valence electrons. The SMILES string of the molecule is C/C=C\c1c(C)nc2nc(C#N)c(C#N)nc2ncc2cccc3c2c1CC=C3. The number of aromatic nitrogens is 4. The van der Waals surface area contributed by atoms with Gasteiger partial charge in [0.05, 0.1) is 0 Å². The third kappa shape index (κ3) is 3.18. The molecule has 1 aromatic carbocycles. The summed E-state index contributed by atoms with van der Waals surface area (Å²) in [6, 6.07) is 9.89. The van der Waals surface area contributed by atoms with E-state index in [2.05, 4.69) is 38.2 Å². The lowest BCUT2D eigenvalue weighted by atomic mass is 9.91. The van der Waals surface area contributed by atoms with Gasteiger partial charge in [0.15, 0.2) is 22.7 Å². The van der Waals surface area contributed by atoms with E-state index in [-0.39, 0.29) is 22.7 Å². The fraction of sp³-hybridized carbons (Fsp3) is 0.130. The molecule has 0 saturated carbocycles. The molecule has 2 aromatic heterocycles. The summed E-state index contributed by atoms with van der Waals surface area (Å²) in [5.74, 6) is 0. The van der Waals surface area contributed by atoms with Gasteiger partial charge >= 0.3 is 0 Å². The van der Waals surface area contributed by atoms with Crippen molar-refractivity contribution in [3.63, 3.8) is 0 Å². The van der Waals surface area contributed by atoms with E-state index in [9.17, 15) is 10.5 Å². The molecule has 0 aliphatic heterocycles. The van der Waals surface area contributed by atoms with Crippen LogP contribution in [-0.2, 0) is 6.42 Å². The highest BCUT2D eigenvalue weighted by Crippen LogP contribution is 2.30. The van der Waals surface area contributed by atoms with Gasteiger partial charge in [0.2, 0.25) is 0 Å². The minimum atomic E-state index is -0.0590. The highest BCUT2D eigenvalue weighted by molar-refractivity contribution is 5.95. The second kappa shape index (κ2) is 7.46. The number of nitriles is 2. The van der Waals surface area contributed by atoms with Crippen LogP contribution in [0.1, 0.15) is 40.7 Å². The Morgan fingerprint density at radius 2 is 1.79 bits per heavy atom. The van der Waals surface area contributed by atoms with Crippen LogP contribution in [0, 0.1) is 29.6 Å². The first-order chi connectivity index (χ1) is 14.2. The van der Waals surface area contributed by atoms with E-state index in [1.165, 1.54) is 0 Å². The van der Waals surface area contributed by atoms with Crippen molar-refractivity contribution in [3.05, 3.63) is 70.3 Å². The van der Waals surface area contributed by atoms with Gasteiger partial charge < -0.3 is 0 Å². The molecule has 1 aliphatic rings. The second-order valence-corrected chi connectivity index (χ2v) is 6.56. The Hall–Kier alpha value is -4.16. The van der Waals surface area contributed by atoms with E-state index in [1.54, 1.807) is 6.20 Å². The number of hydrogen-bond donors (Lipinski definition) is 0. The monoisotopic (exact) mass is 376 g/mol. The molecule has 0 radical (unpaired) electrons. The van der Waals surface area contributed by atoms with Crippen molar-refractivity contribution in [2.45, 2.75) is 20.3 Å². The fourth-order valence-electron chi connectivity index (χ4n) is 3.53. The van der Waals surface area contributed by atoms with Gasteiger partial charge in [0.25, 0.3) is 0 Å². The first-order valence-corrected chi connectivity index (χ1v) is 9.14. The van der Waals surface area contributed by atoms with Crippen LogP contribution in [0.15, 0.2) is 36.5 Å². The maximum Gasteiger partial charge on any atom is 0.199 e. The Labute approximate surface area is 167 Å². The molecule has 0 amide bonds. The van der Waals surface area contributed by atoms with Gasteiger partial charge in [-0.05, 0) is 42.3 Å². The van der Waals surface area contributed by atoms with Gasteiger partial charge in [-0.3, -0.25) is 0 Å². The Balaban J connectivity index is 2.28. The van der Waals surface area contributed by atoms with Gasteiger partial charge in [-0.15, -0.1) is 0 Å². The average Bonchev–Trinajstić information content (AvgIpc) is 2.75. The van der Waals surface area contributed by atoms with E-state index < -0.39 is 0 Å². The molecule has 0 fully saturated rings. The standard InChI is InChI=1S/C23H16N6/c1-3-6-17-14(2)27-23-22(28-19(11-24)20(12-25)29-23)26-13-16-9-4-7-15-8-5-10-18(17)21(15)16/h3-9,13H,10H2,1-2H3/b6-3-,16-13?,17-14?,18-17?,26-13?,26-22?,27-14?,27-23?. The zero-order valence-electron chi connectivity index (χ0n) is 16.0. The summed E-state index contributed by atoms with van der Waals surface area (Å²) in [6.07, 6.45) is 10.8. The van der Waals surface area contributed by atoms with Gasteiger partial charge in [0, 0.05) is 17.3 Å². The van der Waals surface area contributed by atoms with Crippen LogP contribution < -0.4 is 0 Å². The summed E-state index contributed by atoms with van der Waals surface area (Å²) in [5, 5.41) is 20.7. The number of benzene rings is 1. The summed E-state index contributed by atoms with van der Waals surface area (Å²) in [7, 11) is 0. The molecule has 0 spiro atoms. The lowest BCUT2D eigenvalue weighted by Crippen LogP contribution is -2.01. The van der Waals surface area contributed by atoms with Crippen molar-refractivity contribution in [2.75, 3.05) is 0 Å². The third-order valence-electron chi connectivity index (χ3n) is 4.77. The maximum atomic E-state index is 9.31. The molecule has 0 unspecified atom stereocenters. The van der Waals surface area contributed by atoms with E-state index in [0.717, 1.165) is 39.6 Å².